The molecule has 8 heteroatoms. The zero-order valence-corrected chi connectivity index (χ0v) is 27.2. The summed E-state index contributed by atoms with van der Waals surface area (Å²) < 4.78 is 54.5. The zero-order valence-electron chi connectivity index (χ0n) is 30.9. The number of carbonyl (C=O) groups excluding carboxylic acids is 2. The molecule has 3 aromatic carbocycles. The van der Waals surface area contributed by atoms with Gasteiger partial charge in [0, 0.05) is 95.7 Å². The van der Waals surface area contributed by atoms with E-state index in [0.29, 0.717) is 17.1 Å². The summed E-state index contributed by atoms with van der Waals surface area (Å²) in [4.78, 5) is 30.8. The van der Waals surface area contributed by atoms with E-state index in [9.17, 15) is 9.59 Å². The molecule has 0 radical (unpaired) electrons. The smallest absolute Gasteiger partial charge is 0.227 e. The van der Waals surface area contributed by atoms with E-state index in [1.807, 2.05) is 64.3 Å². The summed E-state index contributed by atoms with van der Waals surface area (Å²) in [5.74, 6) is -3.00. The number of aryl methyl sites for hydroxylation is 2. The van der Waals surface area contributed by atoms with Crippen molar-refractivity contribution in [3.63, 3.8) is 0 Å². The van der Waals surface area contributed by atoms with E-state index in [2.05, 4.69) is 5.32 Å². The van der Waals surface area contributed by atoms with Crippen molar-refractivity contribution in [3.8, 4) is 0 Å². The van der Waals surface area contributed by atoms with Gasteiger partial charge in [-0.05, 0) is 86.1 Å². The van der Waals surface area contributed by atoms with Crippen LogP contribution < -0.4 is 15.1 Å². The highest BCUT2D eigenvalue weighted by Crippen LogP contribution is 2.47. The van der Waals surface area contributed by atoms with E-state index in [-0.39, 0.29) is 42.2 Å². The highest BCUT2D eigenvalue weighted by molar-refractivity contribution is 7.17. The first-order valence-corrected chi connectivity index (χ1v) is 16.3. The van der Waals surface area contributed by atoms with E-state index < -0.39 is 30.9 Å². The number of thiophene rings is 1. The summed E-state index contributed by atoms with van der Waals surface area (Å²) in [6.07, 6.45) is -10.5. The van der Waals surface area contributed by atoms with Crippen molar-refractivity contribution in [2.75, 3.05) is 40.0 Å². The van der Waals surface area contributed by atoms with Gasteiger partial charge in [-0.1, -0.05) is 24.3 Å². The predicted octanol–water partition coefficient (Wildman–Crippen LogP) is 9.09. The molecule has 0 fully saturated rings. The normalized spacial score (nSPS) is 21.1. The fourth-order valence-electron chi connectivity index (χ4n) is 6.45. The summed E-state index contributed by atoms with van der Waals surface area (Å²) in [6.45, 7) is 9.81. The van der Waals surface area contributed by atoms with Crippen molar-refractivity contribution in [1.82, 2.24) is 0 Å². The Balaban J connectivity index is 1.40. The summed E-state index contributed by atoms with van der Waals surface area (Å²) in [5, 5.41) is 8.15. The van der Waals surface area contributed by atoms with Crippen LogP contribution in [0.5, 0.6) is 0 Å². The number of benzene rings is 3. The molecule has 0 aliphatic carbocycles. The first-order valence-electron chi connectivity index (χ1n) is 17.4. The minimum Gasteiger partial charge on any atom is -0.380 e. The molecule has 2 aliphatic heterocycles. The van der Waals surface area contributed by atoms with Gasteiger partial charge < -0.3 is 15.1 Å². The van der Waals surface area contributed by atoms with Gasteiger partial charge in [-0.3, -0.25) is 9.59 Å². The largest absolute Gasteiger partial charge is 0.380 e. The number of rotatable bonds is 7. The number of fused-ring (bicyclic) bond motifs is 6. The molecule has 4 aromatic rings. The quantitative estimate of drug-likeness (QED) is 0.205. The fraction of sp³-hybridized carbons (Fsp3) is 0.429. The third-order valence-electron chi connectivity index (χ3n) is 8.21. The number of hydrogen-bond acceptors (Lipinski definition) is 4. The third kappa shape index (κ3) is 5.40. The number of alkyl halides is 2. The predicted molar refractivity (Wildman–Crippen MR) is 184 cm³/mol. The van der Waals surface area contributed by atoms with Crippen molar-refractivity contribution >= 4 is 84.3 Å². The average Bonchev–Trinajstić information content (AvgIpc) is 3.72. The fourth-order valence-corrected chi connectivity index (χ4v) is 8.00. The molecule has 0 spiro atoms. The van der Waals surface area contributed by atoms with Crippen LogP contribution in [0.3, 0.4) is 0 Å². The maximum absolute atomic E-state index is 14.3. The highest BCUT2D eigenvalue weighted by atomic mass is 35.5. The van der Waals surface area contributed by atoms with Crippen LogP contribution in [0.1, 0.15) is 82.2 Å². The van der Waals surface area contributed by atoms with E-state index in [4.69, 9.17) is 31.4 Å². The van der Waals surface area contributed by atoms with Gasteiger partial charge in [0.05, 0.1) is 0 Å². The lowest BCUT2D eigenvalue weighted by Crippen LogP contribution is -2.32. The van der Waals surface area contributed by atoms with Gasteiger partial charge in [0.2, 0.25) is 11.8 Å². The standard InChI is InChI=1S/C35H39Cl2N3O2S/c1-20-13-27-33(31-21(2)19-43-34(20)31)23(16-37)18-39(27)29(41)11-8-12-30(42)40-17-22(15-36)32-25-10-7-6-9-24(25)26(14-28(32)40)38-35(3,4)5/h6-7,9-10,13-14,19,22-23,38H,8,11-12,15-18H2,1-5H3/t22-,23-/m1/s1/i8D2,11D2,12D2. The summed E-state index contributed by atoms with van der Waals surface area (Å²) in [5.41, 5.74) is 4.56. The van der Waals surface area contributed by atoms with Crippen molar-refractivity contribution in [3.05, 3.63) is 64.0 Å². The van der Waals surface area contributed by atoms with Crippen molar-refractivity contribution in [2.24, 2.45) is 0 Å². The minimum absolute atomic E-state index is 0.00553. The Morgan fingerprint density at radius 1 is 0.930 bits per heavy atom. The Morgan fingerprint density at radius 3 is 2.12 bits per heavy atom. The van der Waals surface area contributed by atoms with Crippen LogP contribution in [0, 0.1) is 13.8 Å². The van der Waals surface area contributed by atoms with Crippen LogP contribution in [0.25, 0.3) is 20.9 Å². The first kappa shape index (κ1) is 23.6. The number of hydrogen-bond donors (Lipinski definition) is 1. The number of halogens is 2. The Bertz CT molecular complexity index is 2010. The van der Waals surface area contributed by atoms with Gasteiger partial charge in [-0.15, -0.1) is 34.5 Å². The molecule has 0 unspecified atom stereocenters. The number of carbonyl (C=O) groups is 2. The summed E-state index contributed by atoms with van der Waals surface area (Å²) in [7, 11) is 0. The lowest BCUT2D eigenvalue weighted by Gasteiger charge is -2.26. The van der Waals surface area contributed by atoms with Gasteiger partial charge in [0.1, 0.15) is 0 Å². The van der Waals surface area contributed by atoms with Crippen LogP contribution in [-0.4, -0.2) is 42.2 Å². The van der Waals surface area contributed by atoms with E-state index >= 15 is 0 Å². The van der Waals surface area contributed by atoms with Crippen molar-refractivity contribution in [1.29, 1.82) is 0 Å². The van der Waals surface area contributed by atoms with Gasteiger partial charge >= 0.3 is 0 Å². The van der Waals surface area contributed by atoms with Crippen LogP contribution in [0.15, 0.2) is 41.8 Å². The molecule has 3 heterocycles. The van der Waals surface area contributed by atoms with Crippen LogP contribution >= 0.6 is 34.5 Å². The topological polar surface area (TPSA) is 52.7 Å². The van der Waals surface area contributed by atoms with E-state index in [1.165, 1.54) is 4.90 Å². The molecule has 2 aliphatic rings. The number of nitrogens with one attached hydrogen (secondary N) is 1. The molecule has 0 saturated carbocycles. The Kier molecular flexibility index (Phi) is 6.36. The van der Waals surface area contributed by atoms with Gasteiger partial charge in [-0.25, -0.2) is 0 Å². The summed E-state index contributed by atoms with van der Waals surface area (Å²) >= 11 is 14.4. The molecular weight excluding hydrogens is 597 g/mol. The SMILES string of the molecule is [2H]C([2H])(C(=O)N1C[C@@H](CCl)c2c1cc(NC(C)(C)C)c1ccccc21)C([2H])([2H])C([2H])([2H])C(=O)N1C[C@@H](CCl)c2c1cc(C)c1scc(C)c21. The molecule has 6 rings (SSSR count). The molecule has 1 aromatic heterocycles. The lowest BCUT2D eigenvalue weighted by molar-refractivity contribution is -0.119. The van der Waals surface area contributed by atoms with E-state index in [0.717, 1.165) is 48.0 Å². The number of amides is 2. The minimum atomic E-state index is -3.59. The third-order valence-corrected chi connectivity index (χ3v) is 10.2. The molecule has 226 valence electrons. The molecule has 0 bridgehead atoms. The second-order valence-electron chi connectivity index (χ2n) is 12.4. The molecule has 2 atom stereocenters. The molecule has 1 N–H and O–H groups in total. The van der Waals surface area contributed by atoms with Gasteiger partial charge in [0.25, 0.3) is 0 Å². The second-order valence-corrected chi connectivity index (χ2v) is 13.9. The second kappa shape index (κ2) is 11.6. The van der Waals surface area contributed by atoms with Crippen molar-refractivity contribution < 1.29 is 17.8 Å². The average molecular weight is 643 g/mol. The Morgan fingerprint density at radius 2 is 1.51 bits per heavy atom. The lowest BCUT2D eigenvalue weighted by atomic mass is 9.94. The molecule has 2 amide bonds. The molecule has 43 heavy (non-hydrogen) atoms. The Labute approximate surface area is 276 Å². The van der Waals surface area contributed by atoms with Crippen LogP contribution in [-0.2, 0) is 9.59 Å². The van der Waals surface area contributed by atoms with Gasteiger partial charge in [0.15, 0.2) is 0 Å². The van der Waals surface area contributed by atoms with Crippen LogP contribution in [0.2, 0.25) is 0 Å². The zero-order chi connectivity index (χ0) is 36.0. The van der Waals surface area contributed by atoms with Crippen molar-refractivity contribution in [2.45, 2.75) is 71.1 Å². The van der Waals surface area contributed by atoms with Crippen LogP contribution in [0.4, 0.5) is 17.1 Å². The number of nitrogens with zero attached hydrogens (tertiary/aromatic N) is 2. The maximum Gasteiger partial charge on any atom is 0.227 e. The highest BCUT2D eigenvalue weighted by Gasteiger charge is 2.36. The van der Waals surface area contributed by atoms with E-state index in [1.54, 1.807) is 23.5 Å². The molecule has 0 saturated heterocycles. The Hall–Kier alpha value is -2.80. The van der Waals surface area contributed by atoms with Gasteiger partial charge in [-0.2, -0.15) is 0 Å². The first-order chi connectivity index (χ1) is 22.8. The maximum atomic E-state index is 14.3. The number of anilines is 3. The monoisotopic (exact) mass is 641 g/mol. The molecule has 5 nitrogen and oxygen atoms in total. The summed E-state index contributed by atoms with van der Waals surface area (Å²) in [6, 6.07) is 11.2. The molecular formula is C35H39Cl2N3O2S.